The summed E-state index contributed by atoms with van der Waals surface area (Å²) in [5, 5.41) is 1.05. The Kier molecular flexibility index (Phi) is 5.86. The number of nitrogens with two attached hydrogens (primary N) is 2. The van der Waals surface area contributed by atoms with Gasteiger partial charge in [-0.3, -0.25) is 0 Å². The molecule has 2 aromatic heterocycles. The van der Waals surface area contributed by atoms with Gasteiger partial charge in [-0.15, -0.1) is 0 Å². The summed E-state index contributed by atoms with van der Waals surface area (Å²) >= 11 is 7.63. The van der Waals surface area contributed by atoms with Crippen LogP contribution in [0.4, 0.5) is 17.5 Å². The molecule has 0 unspecified atom stereocenters. The molecule has 0 aromatic carbocycles. The summed E-state index contributed by atoms with van der Waals surface area (Å²) in [4.78, 5) is 16.6. The lowest BCUT2D eigenvalue weighted by molar-refractivity contribution is 0.230. The molecule has 1 aliphatic carbocycles. The summed E-state index contributed by atoms with van der Waals surface area (Å²) in [6.07, 6.45) is 8.93. The molecule has 6 nitrogen and oxygen atoms in total. The van der Waals surface area contributed by atoms with Crippen molar-refractivity contribution in [2.24, 2.45) is 11.3 Å². The summed E-state index contributed by atoms with van der Waals surface area (Å²) in [7, 11) is 0. The SMILES string of the molecule is Cc1nc(Sc2ccnc(N)c2Cl)c(N)nc1N1CCC2(CC=C(C(C)C)C2)CC1. The van der Waals surface area contributed by atoms with Crippen LogP contribution in [0.5, 0.6) is 0 Å². The second-order valence-corrected chi connectivity index (χ2v) is 10.1. The van der Waals surface area contributed by atoms with Crippen molar-refractivity contribution in [3.8, 4) is 0 Å². The fourth-order valence-electron chi connectivity index (χ4n) is 4.44. The van der Waals surface area contributed by atoms with Gasteiger partial charge in [0.1, 0.15) is 10.8 Å². The number of anilines is 3. The van der Waals surface area contributed by atoms with Crippen LogP contribution in [0, 0.1) is 18.3 Å². The van der Waals surface area contributed by atoms with E-state index in [-0.39, 0.29) is 0 Å². The molecule has 1 saturated heterocycles. The highest BCUT2D eigenvalue weighted by atomic mass is 35.5. The molecule has 2 aliphatic rings. The molecule has 0 bridgehead atoms. The van der Waals surface area contributed by atoms with Crippen LogP contribution in [-0.4, -0.2) is 28.0 Å². The van der Waals surface area contributed by atoms with Crippen LogP contribution in [-0.2, 0) is 0 Å². The summed E-state index contributed by atoms with van der Waals surface area (Å²) in [5.74, 6) is 2.26. The second kappa shape index (κ2) is 8.27. The Labute approximate surface area is 187 Å². The van der Waals surface area contributed by atoms with Crippen molar-refractivity contribution in [1.29, 1.82) is 0 Å². The van der Waals surface area contributed by atoms with Crippen molar-refractivity contribution in [1.82, 2.24) is 15.0 Å². The van der Waals surface area contributed by atoms with Crippen molar-refractivity contribution >= 4 is 40.8 Å². The third-order valence-corrected chi connectivity index (χ3v) is 7.93. The minimum atomic E-state index is 0.297. The summed E-state index contributed by atoms with van der Waals surface area (Å²) in [5.41, 5.74) is 15.0. The van der Waals surface area contributed by atoms with Gasteiger partial charge in [0.2, 0.25) is 0 Å². The Morgan fingerprint density at radius 2 is 1.90 bits per heavy atom. The topological polar surface area (TPSA) is 93.9 Å². The predicted octanol–water partition coefficient (Wildman–Crippen LogP) is 5.11. The van der Waals surface area contributed by atoms with E-state index in [1.165, 1.54) is 37.4 Å². The van der Waals surface area contributed by atoms with E-state index in [0.29, 0.717) is 33.0 Å². The average Bonchev–Trinajstić information content (AvgIpc) is 3.13. The minimum absolute atomic E-state index is 0.297. The first-order valence-corrected chi connectivity index (χ1v) is 11.6. The number of pyridine rings is 1. The molecule has 30 heavy (non-hydrogen) atoms. The molecule has 3 heterocycles. The molecule has 0 radical (unpaired) electrons. The van der Waals surface area contributed by atoms with Crippen LogP contribution in [0.1, 0.15) is 45.2 Å². The van der Waals surface area contributed by atoms with Crippen molar-refractivity contribution in [3.05, 3.63) is 34.6 Å². The largest absolute Gasteiger partial charge is 0.382 e. The lowest BCUT2D eigenvalue weighted by Gasteiger charge is -2.40. The zero-order valence-corrected chi connectivity index (χ0v) is 19.4. The van der Waals surface area contributed by atoms with Gasteiger partial charge in [-0.2, -0.15) is 0 Å². The summed E-state index contributed by atoms with van der Waals surface area (Å²) in [6, 6.07) is 1.80. The molecule has 0 amide bonds. The van der Waals surface area contributed by atoms with E-state index in [9.17, 15) is 0 Å². The third kappa shape index (κ3) is 4.10. The minimum Gasteiger partial charge on any atom is -0.382 e. The van der Waals surface area contributed by atoms with Crippen molar-refractivity contribution < 1.29 is 0 Å². The molecule has 4 rings (SSSR count). The number of allylic oxidation sites excluding steroid dienone is 2. The third-order valence-electron chi connectivity index (χ3n) is 6.37. The van der Waals surface area contributed by atoms with Crippen molar-refractivity contribution in [2.45, 2.75) is 56.4 Å². The number of nitrogens with zero attached hydrogens (tertiary/aromatic N) is 4. The number of halogens is 1. The number of aryl methyl sites for hydroxylation is 1. The quantitative estimate of drug-likeness (QED) is 0.632. The Bertz CT molecular complexity index is 982. The van der Waals surface area contributed by atoms with Crippen molar-refractivity contribution in [3.63, 3.8) is 0 Å². The van der Waals surface area contributed by atoms with Gasteiger partial charge in [-0.25, -0.2) is 15.0 Å². The van der Waals surface area contributed by atoms with E-state index in [4.69, 9.17) is 33.0 Å². The van der Waals surface area contributed by atoms with E-state index in [0.717, 1.165) is 29.5 Å². The molecule has 160 valence electrons. The van der Waals surface area contributed by atoms with Crippen molar-refractivity contribution in [2.75, 3.05) is 29.5 Å². The number of hydrogen-bond acceptors (Lipinski definition) is 7. The molecule has 8 heteroatoms. The van der Waals surface area contributed by atoms with Gasteiger partial charge in [0, 0.05) is 24.2 Å². The lowest BCUT2D eigenvalue weighted by atomic mass is 9.75. The molecule has 2 aromatic rings. The van der Waals surface area contributed by atoms with E-state index < -0.39 is 0 Å². The summed E-state index contributed by atoms with van der Waals surface area (Å²) < 4.78 is 0. The average molecular weight is 445 g/mol. The maximum absolute atomic E-state index is 6.28. The van der Waals surface area contributed by atoms with Crippen LogP contribution < -0.4 is 16.4 Å². The predicted molar refractivity (Wildman–Crippen MR) is 125 cm³/mol. The Morgan fingerprint density at radius 1 is 1.17 bits per heavy atom. The zero-order chi connectivity index (χ0) is 21.5. The fraction of sp³-hybridized carbons (Fsp3) is 0.500. The highest BCUT2D eigenvalue weighted by Gasteiger charge is 2.38. The highest BCUT2D eigenvalue weighted by Crippen LogP contribution is 2.48. The van der Waals surface area contributed by atoms with E-state index in [1.807, 2.05) is 6.92 Å². The molecule has 0 saturated carbocycles. The van der Waals surface area contributed by atoms with Crippen LogP contribution in [0.2, 0.25) is 5.02 Å². The Morgan fingerprint density at radius 3 is 2.57 bits per heavy atom. The molecule has 1 spiro atoms. The maximum atomic E-state index is 6.28. The van der Waals surface area contributed by atoms with Gasteiger partial charge < -0.3 is 16.4 Å². The monoisotopic (exact) mass is 444 g/mol. The smallest absolute Gasteiger partial charge is 0.158 e. The Balaban J connectivity index is 1.47. The Hall–Kier alpha value is -1.99. The number of piperidine rings is 1. The normalized spacial score (nSPS) is 18.3. The molecule has 0 atom stereocenters. The number of hydrogen-bond donors (Lipinski definition) is 2. The molecular weight excluding hydrogens is 416 g/mol. The van der Waals surface area contributed by atoms with Gasteiger partial charge in [0.05, 0.1) is 10.7 Å². The second-order valence-electron chi connectivity index (χ2n) is 8.74. The number of aromatic nitrogens is 3. The van der Waals surface area contributed by atoms with E-state index >= 15 is 0 Å². The van der Waals surface area contributed by atoms with Crippen LogP contribution >= 0.6 is 23.4 Å². The molecular formula is C22H29ClN6S. The fourth-order valence-corrected chi connectivity index (χ4v) is 5.53. The van der Waals surface area contributed by atoms with Gasteiger partial charge in [0.25, 0.3) is 0 Å². The number of nitrogen functional groups attached to an aromatic ring is 2. The standard InChI is InChI=1S/C22H29ClN6S/c1-13(2)15-4-6-22(12-15)7-10-29(11-8-22)20-14(3)27-21(19(25)28-20)30-16-5-9-26-18(24)17(16)23/h4-5,9,13H,6-8,10-12H2,1-3H3,(H2,24,26)(H2,25,28). The first kappa shape index (κ1) is 21.2. The summed E-state index contributed by atoms with van der Waals surface area (Å²) in [6.45, 7) is 8.58. The first-order chi connectivity index (χ1) is 14.3. The van der Waals surface area contributed by atoms with Crippen LogP contribution in [0.15, 0.2) is 33.8 Å². The van der Waals surface area contributed by atoms with Crippen LogP contribution in [0.25, 0.3) is 0 Å². The van der Waals surface area contributed by atoms with Gasteiger partial charge in [-0.05, 0) is 50.0 Å². The first-order valence-electron chi connectivity index (χ1n) is 10.4. The molecule has 1 aliphatic heterocycles. The lowest BCUT2D eigenvalue weighted by Crippen LogP contribution is -2.40. The zero-order valence-electron chi connectivity index (χ0n) is 17.8. The van der Waals surface area contributed by atoms with E-state index in [1.54, 1.807) is 17.8 Å². The van der Waals surface area contributed by atoms with E-state index in [2.05, 4.69) is 29.8 Å². The van der Waals surface area contributed by atoms with Gasteiger partial charge in [-0.1, -0.05) is 48.9 Å². The van der Waals surface area contributed by atoms with Gasteiger partial charge in [0.15, 0.2) is 11.6 Å². The molecule has 1 fully saturated rings. The maximum Gasteiger partial charge on any atom is 0.158 e. The highest BCUT2D eigenvalue weighted by molar-refractivity contribution is 7.99. The van der Waals surface area contributed by atoms with Crippen LogP contribution in [0.3, 0.4) is 0 Å². The molecule has 4 N–H and O–H groups in total. The van der Waals surface area contributed by atoms with Gasteiger partial charge >= 0.3 is 0 Å². The number of rotatable bonds is 4.